The lowest BCUT2D eigenvalue weighted by molar-refractivity contribution is 0.0204. The van der Waals surface area contributed by atoms with E-state index in [-0.39, 0.29) is 11.1 Å². The number of ether oxygens (including phenoxy) is 1. The molecule has 0 aliphatic carbocycles. The van der Waals surface area contributed by atoms with Gasteiger partial charge in [0.2, 0.25) is 0 Å². The van der Waals surface area contributed by atoms with Crippen molar-refractivity contribution < 1.29 is 14.0 Å². The van der Waals surface area contributed by atoms with Crippen LogP contribution < -0.4 is 4.90 Å². The van der Waals surface area contributed by atoms with Crippen LogP contribution in [0.2, 0.25) is 23.2 Å². The number of amides is 1. The van der Waals surface area contributed by atoms with Gasteiger partial charge in [-0.3, -0.25) is 4.98 Å². The van der Waals surface area contributed by atoms with Crippen molar-refractivity contribution in [3.8, 4) is 11.1 Å². The van der Waals surface area contributed by atoms with Gasteiger partial charge in [-0.15, -0.1) is 11.3 Å². The van der Waals surface area contributed by atoms with Crippen molar-refractivity contribution in [2.75, 3.05) is 24.5 Å². The van der Waals surface area contributed by atoms with Crippen LogP contribution in [0.3, 0.4) is 0 Å². The third-order valence-electron chi connectivity index (χ3n) is 8.98. The average Bonchev–Trinajstić information content (AvgIpc) is 3.33. The highest BCUT2D eigenvalue weighted by atomic mass is 35.5. The van der Waals surface area contributed by atoms with Crippen LogP contribution in [-0.2, 0) is 22.2 Å². The monoisotopic (exact) mass is 627 g/mol. The van der Waals surface area contributed by atoms with Crippen molar-refractivity contribution in [2.45, 2.75) is 104 Å². The zero-order valence-electron chi connectivity index (χ0n) is 26.5. The van der Waals surface area contributed by atoms with Crippen LogP contribution in [0.25, 0.3) is 21.3 Å². The number of pyridine rings is 1. The molecule has 1 fully saturated rings. The molecule has 0 unspecified atom stereocenters. The summed E-state index contributed by atoms with van der Waals surface area (Å²) in [6.07, 6.45) is 5.65. The molecular formula is C33H46ClN3O3SSi. The van der Waals surface area contributed by atoms with E-state index in [2.05, 4.69) is 63.0 Å². The number of halogens is 1. The maximum atomic E-state index is 12.7. The predicted octanol–water partition coefficient (Wildman–Crippen LogP) is 9.29. The Bertz CT molecular complexity index is 1450. The van der Waals surface area contributed by atoms with Gasteiger partial charge in [0, 0.05) is 58.6 Å². The lowest BCUT2D eigenvalue weighted by Crippen LogP contribution is -2.49. The fraction of sp³-hybridized carbons (Fsp3) is 0.576. The number of likely N-dealkylation sites (tertiary alicyclic amines) is 1. The number of carbonyl (C=O) groups is 1. The molecule has 4 heterocycles. The van der Waals surface area contributed by atoms with E-state index in [1.165, 1.54) is 32.0 Å². The summed E-state index contributed by atoms with van der Waals surface area (Å²) in [5.74, 6) is 0. The smallest absolute Gasteiger partial charge is 0.410 e. The second kappa shape index (κ2) is 11.8. The van der Waals surface area contributed by atoms with Gasteiger partial charge >= 0.3 is 6.09 Å². The molecule has 1 saturated heterocycles. The number of anilines is 1. The molecule has 1 aromatic carbocycles. The zero-order valence-corrected chi connectivity index (χ0v) is 29.0. The topological polar surface area (TPSA) is 54.9 Å². The maximum Gasteiger partial charge on any atom is 0.410 e. The maximum absolute atomic E-state index is 12.7. The zero-order chi connectivity index (χ0) is 30.4. The van der Waals surface area contributed by atoms with Crippen LogP contribution >= 0.6 is 22.9 Å². The number of benzene rings is 1. The average molecular weight is 628 g/mol. The lowest BCUT2D eigenvalue weighted by Gasteiger charge is -2.43. The molecule has 0 atom stereocenters. The van der Waals surface area contributed by atoms with Gasteiger partial charge in [0.25, 0.3) is 0 Å². The van der Waals surface area contributed by atoms with E-state index in [9.17, 15) is 4.79 Å². The normalized spacial score (nSPS) is 17.1. The van der Waals surface area contributed by atoms with Crippen LogP contribution in [0.4, 0.5) is 10.5 Å². The lowest BCUT2D eigenvalue weighted by atomic mass is 9.91. The molecule has 1 amide bonds. The van der Waals surface area contributed by atoms with Crippen molar-refractivity contribution in [3.63, 3.8) is 0 Å². The minimum atomic E-state index is -1.86. The molecule has 228 valence electrons. The molecule has 0 bridgehead atoms. The number of piperidine rings is 1. The summed E-state index contributed by atoms with van der Waals surface area (Å²) in [6, 6.07) is 8.97. The number of rotatable bonds is 5. The fourth-order valence-electron chi connectivity index (χ4n) is 5.73. The molecule has 3 aromatic rings. The summed E-state index contributed by atoms with van der Waals surface area (Å²) in [4.78, 5) is 23.1. The molecule has 9 heteroatoms. The summed E-state index contributed by atoms with van der Waals surface area (Å²) in [6.45, 7) is 20.2. The van der Waals surface area contributed by atoms with Crippen molar-refractivity contribution in [2.24, 2.45) is 0 Å². The van der Waals surface area contributed by atoms with E-state index in [4.69, 9.17) is 25.7 Å². The van der Waals surface area contributed by atoms with Gasteiger partial charge in [-0.25, -0.2) is 4.79 Å². The second-order valence-corrected chi connectivity index (χ2v) is 20.7. The Morgan fingerprint density at radius 1 is 1.07 bits per heavy atom. The minimum absolute atomic E-state index is 0.166. The molecule has 0 N–H and O–H groups in total. The molecule has 5 rings (SSSR count). The minimum Gasteiger partial charge on any atom is -0.444 e. The first-order chi connectivity index (χ1) is 19.6. The molecule has 0 radical (unpaired) electrons. The standard InChI is InChI=1S/C33H46ClN3O3SSi/c1-32(2,3)40-31(38)36-16-12-24(13-17-36)37-15-9-10-22-18-23(34)19-27(29(22)37)26-11-14-35-28-20-25(41-30(26)28)21-39-42(7,8)33(4,5)6/h11,14,18-20,24H,9-10,12-13,15-17,21H2,1-8H3. The van der Waals surface area contributed by atoms with Gasteiger partial charge < -0.3 is 19.0 Å². The highest BCUT2D eigenvalue weighted by Gasteiger charge is 2.37. The third-order valence-corrected chi connectivity index (χ3v) is 14.8. The number of hydrogen-bond donors (Lipinski definition) is 0. The molecular weight excluding hydrogens is 582 g/mol. The fourth-order valence-corrected chi connectivity index (χ4v) is 8.08. The predicted molar refractivity (Wildman–Crippen MR) is 179 cm³/mol. The van der Waals surface area contributed by atoms with E-state index in [1.54, 1.807) is 11.3 Å². The van der Waals surface area contributed by atoms with Gasteiger partial charge in [-0.05, 0) is 94.4 Å². The van der Waals surface area contributed by atoms with Gasteiger partial charge in [0.15, 0.2) is 8.32 Å². The van der Waals surface area contributed by atoms with Crippen molar-refractivity contribution in [1.29, 1.82) is 0 Å². The number of aromatic nitrogens is 1. The number of aryl methyl sites for hydroxylation is 1. The van der Waals surface area contributed by atoms with Gasteiger partial charge in [0.1, 0.15) is 5.60 Å². The second-order valence-electron chi connectivity index (χ2n) is 14.3. The van der Waals surface area contributed by atoms with Gasteiger partial charge in [-0.2, -0.15) is 0 Å². The molecule has 2 aliphatic rings. The van der Waals surface area contributed by atoms with E-state index >= 15 is 0 Å². The molecule has 2 aromatic heterocycles. The number of nitrogens with zero attached hydrogens (tertiary/aromatic N) is 3. The van der Waals surface area contributed by atoms with Crippen molar-refractivity contribution in [3.05, 3.63) is 45.9 Å². The van der Waals surface area contributed by atoms with Crippen LogP contribution in [0, 0.1) is 0 Å². The molecule has 0 saturated carbocycles. The summed E-state index contributed by atoms with van der Waals surface area (Å²) in [5, 5.41) is 0.938. The van der Waals surface area contributed by atoms with Crippen molar-refractivity contribution in [1.82, 2.24) is 9.88 Å². The molecule has 2 aliphatic heterocycles. The summed E-state index contributed by atoms with van der Waals surface area (Å²) >= 11 is 8.55. The van der Waals surface area contributed by atoms with Crippen LogP contribution in [-0.4, -0.2) is 55.6 Å². The number of fused-ring (bicyclic) bond motifs is 2. The Morgan fingerprint density at radius 3 is 2.45 bits per heavy atom. The summed E-state index contributed by atoms with van der Waals surface area (Å²) in [7, 11) is -1.86. The first-order valence-electron chi connectivity index (χ1n) is 15.2. The third kappa shape index (κ3) is 6.67. The highest BCUT2D eigenvalue weighted by molar-refractivity contribution is 7.19. The van der Waals surface area contributed by atoms with E-state index in [1.807, 2.05) is 31.9 Å². The van der Waals surface area contributed by atoms with E-state index in [0.717, 1.165) is 42.8 Å². The van der Waals surface area contributed by atoms with Crippen LogP contribution in [0.15, 0.2) is 30.5 Å². The molecule has 6 nitrogen and oxygen atoms in total. The van der Waals surface area contributed by atoms with Crippen LogP contribution in [0.5, 0.6) is 0 Å². The Labute approximate surface area is 261 Å². The quantitative estimate of drug-likeness (QED) is 0.264. The number of carbonyl (C=O) groups excluding carboxylic acids is 1. The summed E-state index contributed by atoms with van der Waals surface area (Å²) in [5.41, 5.74) is 5.48. The number of thiophene rings is 1. The highest BCUT2D eigenvalue weighted by Crippen LogP contribution is 2.45. The molecule has 42 heavy (non-hydrogen) atoms. The first kappa shape index (κ1) is 31.3. The van der Waals surface area contributed by atoms with E-state index in [0.29, 0.717) is 25.7 Å². The molecule has 0 spiro atoms. The summed E-state index contributed by atoms with van der Waals surface area (Å²) < 4.78 is 13.4. The van der Waals surface area contributed by atoms with Gasteiger partial charge in [0.05, 0.1) is 16.8 Å². The first-order valence-corrected chi connectivity index (χ1v) is 19.3. The largest absolute Gasteiger partial charge is 0.444 e. The SMILES string of the molecule is CC(C)(C)OC(=O)N1CCC(N2CCCc3cc(Cl)cc(-c4ccnc5cc(CO[Si](C)(C)C(C)(C)C)sc45)c32)CC1. The van der Waals surface area contributed by atoms with Crippen LogP contribution in [0.1, 0.15) is 71.2 Å². The Balaban J connectivity index is 1.44. The van der Waals surface area contributed by atoms with Crippen molar-refractivity contribution >= 4 is 53.3 Å². The Hall–Kier alpha value is -2.13. The number of hydrogen-bond acceptors (Lipinski definition) is 6. The van der Waals surface area contributed by atoms with Gasteiger partial charge in [-0.1, -0.05) is 32.4 Å². The van der Waals surface area contributed by atoms with E-state index < -0.39 is 13.9 Å². The Kier molecular flexibility index (Phi) is 8.76. The Morgan fingerprint density at radius 2 is 1.79 bits per heavy atom.